The normalized spacial score (nSPS) is 10.2. The van der Waals surface area contributed by atoms with E-state index in [-0.39, 0.29) is 6.03 Å². The molecule has 2 amide bonds. The van der Waals surface area contributed by atoms with E-state index in [9.17, 15) is 4.79 Å². The standard InChI is InChI=1S/C19H24N2O2/c1-3-16-7-9-17(10-8-16)21-19(22)20-13-4-14-23-18-11-5-15(2)6-12-18/h5-12H,3-4,13-14H2,1-2H3,(H2,20,21,22). The molecule has 0 saturated heterocycles. The van der Waals surface area contributed by atoms with Crippen LogP contribution >= 0.6 is 0 Å². The van der Waals surface area contributed by atoms with Crippen LogP contribution in [0.3, 0.4) is 0 Å². The molecule has 4 nitrogen and oxygen atoms in total. The van der Waals surface area contributed by atoms with Crippen LogP contribution in [0.5, 0.6) is 5.75 Å². The van der Waals surface area contributed by atoms with Crippen molar-refractivity contribution in [3.05, 3.63) is 59.7 Å². The molecular formula is C19H24N2O2. The highest BCUT2D eigenvalue weighted by atomic mass is 16.5. The number of nitrogens with one attached hydrogen (secondary N) is 2. The molecule has 0 bridgehead atoms. The Hall–Kier alpha value is -2.49. The number of hydrogen-bond acceptors (Lipinski definition) is 2. The first kappa shape index (κ1) is 16.9. The number of benzene rings is 2. The summed E-state index contributed by atoms with van der Waals surface area (Å²) in [5, 5.41) is 5.64. The Morgan fingerprint density at radius 1 is 1.04 bits per heavy atom. The smallest absolute Gasteiger partial charge is 0.319 e. The first-order valence-electron chi connectivity index (χ1n) is 8.00. The first-order chi connectivity index (χ1) is 11.2. The van der Waals surface area contributed by atoms with E-state index in [2.05, 4.69) is 17.6 Å². The fraction of sp³-hybridized carbons (Fsp3) is 0.316. The van der Waals surface area contributed by atoms with Crippen molar-refractivity contribution in [3.63, 3.8) is 0 Å². The Morgan fingerprint density at radius 3 is 2.39 bits per heavy atom. The van der Waals surface area contributed by atoms with Crippen LogP contribution in [0.1, 0.15) is 24.5 Å². The quantitative estimate of drug-likeness (QED) is 0.755. The van der Waals surface area contributed by atoms with Crippen LogP contribution in [0, 0.1) is 6.92 Å². The van der Waals surface area contributed by atoms with E-state index in [0.717, 1.165) is 24.3 Å². The minimum absolute atomic E-state index is 0.190. The number of carbonyl (C=O) groups is 1. The molecule has 2 aromatic rings. The third kappa shape index (κ3) is 6.02. The summed E-state index contributed by atoms with van der Waals surface area (Å²) in [6.07, 6.45) is 1.75. The van der Waals surface area contributed by atoms with Crippen LogP contribution in [0.15, 0.2) is 48.5 Å². The van der Waals surface area contributed by atoms with Crippen molar-refractivity contribution in [2.45, 2.75) is 26.7 Å². The molecule has 0 aromatic heterocycles. The van der Waals surface area contributed by atoms with Gasteiger partial charge in [-0.05, 0) is 49.6 Å². The molecule has 0 fully saturated rings. The van der Waals surface area contributed by atoms with Gasteiger partial charge in [0.2, 0.25) is 0 Å². The Balaban J connectivity index is 1.61. The summed E-state index contributed by atoms with van der Waals surface area (Å²) in [5.41, 5.74) is 3.27. The van der Waals surface area contributed by atoms with E-state index in [1.165, 1.54) is 11.1 Å². The molecule has 0 saturated carbocycles. The van der Waals surface area contributed by atoms with Gasteiger partial charge in [0, 0.05) is 12.2 Å². The van der Waals surface area contributed by atoms with Gasteiger partial charge in [0.15, 0.2) is 0 Å². The maximum absolute atomic E-state index is 11.8. The fourth-order valence-electron chi connectivity index (χ4n) is 2.10. The number of urea groups is 1. The summed E-state index contributed by atoms with van der Waals surface area (Å²) in [5.74, 6) is 0.857. The van der Waals surface area contributed by atoms with E-state index in [4.69, 9.17) is 4.74 Å². The van der Waals surface area contributed by atoms with Crippen molar-refractivity contribution in [2.24, 2.45) is 0 Å². The minimum atomic E-state index is -0.190. The van der Waals surface area contributed by atoms with Crippen LogP contribution in [0.4, 0.5) is 10.5 Å². The predicted octanol–water partition coefficient (Wildman–Crippen LogP) is 4.15. The summed E-state index contributed by atoms with van der Waals surface area (Å²) in [4.78, 5) is 11.8. The van der Waals surface area contributed by atoms with Crippen LogP contribution in [-0.2, 0) is 6.42 Å². The SMILES string of the molecule is CCc1ccc(NC(=O)NCCCOc2ccc(C)cc2)cc1. The van der Waals surface area contributed by atoms with E-state index < -0.39 is 0 Å². The number of anilines is 1. The van der Waals surface area contributed by atoms with Gasteiger partial charge in [-0.3, -0.25) is 0 Å². The topological polar surface area (TPSA) is 50.4 Å². The summed E-state index contributed by atoms with van der Waals surface area (Å²) in [6, 6.07) is 15.6. The highest BCUT2D eigenvalue weighted by Crippen LogP contribution is 2.11. The molecule has 0 spiro atoms. The molecule has 2 rings (SSSR count). The molecule has 0 aliphatic carbocycles. The molecule has 0 atom stereocenters. The van der Waals surface area contributed by atoms with E-state index in [0.29, 0.717) is 13.2 Å². The largest absolute Gasteiger partial charge is 0.494 e. The van der Waals surface area contributed by atoms with Gasteiger partial charge in [-0.15, -0.1) is 0 Å². The first-order valence-corrected chi connectivity index (χ1v) is 8.00. The lowest BCUT2D eigenvalue weighted by molar-refractivity contribution is 0.250. The monoisotopic (exact) mass is 312 g/mol. The van der Waals surface area contributed by atoms with Crippen LogP contribution < -0.4 is 15.4 Å². The number of ether oxygens (including phenoxy) is 1. The van der Waals surface area contributed by atoms with E-state index in [1.807, 2.05) is 55.5 Å². The lowest BCUT2D eigenvalue weighted by Crippen LogP contribution is -2.30. The summed E-state index contributed by atoms with van der Waals surface area (Å²) in [7, 11) is 0. The van der Waals surface area contributed by atoms with Gasteiger partial charge in [0.25, 0.3) is 0 Å². The Kier molecular flexibility index (Phi) is 6.48. The van der Waals surface area contributed by atoms with Gasteiger partial charge < -0.3 is 15.4 Å². The van der Waals surface area contributed by atoms with Crippen molar-refractivity contribution >= 4 is 11.7 Å². The van der Waals surface area contributed by atoms with Gasteiger partial charge in [-0.1, -0.05) is 36.8 Å². The van der Waals surface area contributed by atoms with E-state index in [1.54, 1.807) is 0 Å². The zero-order valence-corrected chi connectivity index (χ0v) is 13.8. The fourth-order valence-corrected chi connectivity index (χ4v) is 2.10. The van der Waals surface area contributed by atoms with Crippen LogP contribution in [-0.4, -0.2) is 19.2 Å². The van der Waals surface area contributed by atoms with Crippen molar-refractivity contribution in [1.82, 2.24) is 5.32 Å². The van der Waals surface area contributed by atoms with Gasteiger partial charge in [-0.25, -0.2) is 4.79 Å². The maximum atomic E-state index is 11.8. The van der Waals surface area contributed by atoms with Gasteiger partial charge in [0.1, 0.15) is 5.75 Å². The van der Waals surface area contributed by atoms with Crippen LogP contribution in [0.2, 0.25) is 0 Å². The molecule has 23 heavy (non-hydrogen) atoms. The van der Waals surface area contributed by atoms with Crippen molar-refractivity contribution in [1.29, 1.82) is 0 Å². The number of amides is 2. The van der Waals surface area contributed by atoms with Gasteiger partial charge in [-0.2, -0.15) is 0 Å². The molecule has 2 aromatic carbocycles. The second kappa shape index (κ2) is 8.83. The molecule has 0 heterocycles. The Morgan fingerprint density at radius 2 is 1.74 bits per heavy atom. The zero-order chi connectivity index (χ0) is 16.5. The van der Waals surface area contributed by atoms with Crippen molar-refractivity contribution in [3.8, 4) is 5.75 Å². The lowest BCUT2D eigenvalue weighted by Gasteiger charge is -2.09. The summed E-state index contributed by atoms with van der Waals surface area (Å²) < 4.78 is 5.61. The highest BCUT2D eigenvalue weighted by Gasteiger charge is 2.01. The van der Waals surface area contributed by atoms with Gasteiger partial charge in [0.05, 0.1) is 6.61 Å². The second-order valence-electron chi connectivity index (χ2n) is 5.45. The third-order valence-corrected chi connectivity index (χ3v) is 3.52. The molecule has 0 unspecified atom stereocenters. The van der Waals surface area contributed by atoms with Crippen LogP contribution in [0.25, 0.3) is 0 Å². The average Bonchev–Trinajstić information content (AvgIpc) is 2.57. The molecule has 2 N–H and O–H groups in total. The molecule has 0 aliphatic rings. The molecule has 0 radical (unpaired) electrons. The van der Waals surface area contributed by atoms with Crippen molar-refractivity contribution in [2.75, 3.05) is 18.5 Å². The number of aryl methyl sites for hydroxylation is 2. The molecular weight excluding hydrogens is 288 g/mol. The van der Waals surface area contributed by atoms with Gasteiger partial charge >= 0.3 is 6.03 Å². The molecule has 4 heteroatoms. The molecule has 0 aliphatic heterocycles. The summed E-state index contributed by atoms with van der Waals surface area (Å²) >= 11 is 0. The Bertz CT molecular complexity index is 606. The number of rotatable bonds is 7. The Labute approximate surface area is 137 Å². The highest BCUT2D eigenvalue weighted by molar-refractivity contribution is 5.89. The average molecular weight is 312 g/mol. The minimum Gasteiger partial charge on any atom is -0.494 e. The number of hydrogen-bond donors (Lipinski definition) is 2. The van der Waals surface area contributed by atoms with E-state index >= 15 is 0 Å². The summed E-state index contributed by atoms with van der Waals surface area (Å²) in [6.45, 7) is 5.30. The van der Waals surface area contributed by atoms with Crippen molar-refractivity contribution < 1.29 is 9.53 Å². The lowest BCUT2D eigenvalue weighted by atomic mass is 10.1. The third-order valence-electron chi connectivity index (χ3n) is 3.52. The maximum Gasteiger partial charge on any atom is 0.319 e. The predicted molar refractivity (Wildman–Crippen MR) is 94.1 cm³/mol. The number of carbonyl (C=O) groups excluding carboxylic acids is 1. The zero-order valence-electron chi connectivity index (χ0n) is 13.8. The second-order valence-corrected chi connectivity index (χ2v) is 5.45. The molecule has 122 valence electrons.